The van der Waals surface area contributed by atoms with Gasteiger partial charge in [0.25, 0.3) is 11.8 Å². The minimum Gasteiger partial charge on any atom is -0.508 e. The first-order valence-electron chi connectivity index (χ1n) is 11.0. The number of nitrogen functional groups attached to an aromatic ring is 1. The molecule has 1 atom stereocenters. The van der Waals surface area contributed by atoms with Crippen molar-refractivity contribution in [2.45, 2.75) is 13.0 Å². The Hall–Kier alpha value is -4.16. The van der Waals surface area contributed by atoms with Crippen LogP contribution in [0.3, 0.4) is 0 Å². The van der Waals surface area contributed by atoms with Crippen molar-refractivity contribution in [2.75, 3.05) is 37.5 Å². The molecule has 0 aliphatic carbocycles. The Morgan fingerprint density at radius 1 is 1.17 bits per heavy atom. The highest BCUT2D eigenvalue weighted by Crippen LogP contribution is 2.38. The van der Waals surface area contributed by atoms with E-state index in [2.05, 4.69) is 9.69 Å². The lowest BCUT2D eigenvalue weighted by molar-refractivity contribution is -0.122. The smallest absolute Gasteiger partial charge is 0.273 e. The summed E-state index contributed by atoms with van der Waals surface area (Å²) in [5.74, 6) is -1.75. The zero-order valence-corrected chi connectivity index (χ0v) is 20.6. The van der Waals surface area contributed by atoms with Crippen molar-refractivity contribution < 1.29 is 29.0 Å². The average molecular weight is 514 g/mol. The number of aromatic hydroxyl groups is 1. The molecule has 0 spiro atoms. The topological polar surface area (TPSA) is 170 Å². The first kappa shape index (κ1) is 26.4. The molecule has 11 nitrogen and oxygen atoms in total. The first-order chi connectivity index (χ1) is 17.3. The van der Waals surface area contributed by atoms with Gasteiger partial charge in [-0.05, 0) is 48.3 Å². The Labute approximate surface area is 211 Å². The fourth-order valence-electron chi connectivity index (χ4n) is 3.49. The highest BCUT2D eigenvalue weighted by atomic mass is 32.1. The number of benzene rings is 2. The SMILES string of the molecule is CCOc1ccccc1N(C(=O)c1snc(C(N)=O)c1N)C(C(=O)NCCOC)c1ccc(O)cc1. The number of methoxy groups -OCH3 is 1. The number of primary amides is 1. The number of aromatic nitrogens is 1. The number of carbonyl (C=O) groups excluding carboxylic acids is 3. The largest absolute Gasteiger partial charge is 0.508 e. The summed E-state index contributed by atoms with van der Waals surface area (Å²) in [4.78, 5) is 40.5. The molecule has 3 amide bonds. The van der Waals surface area contributed by atoms with Crippen molar-refractivity contribution in [2.24, 2.45) is 5.73 Å². The molecule has 1 aromatic heterocycles. The molecule has 12 heteroatoms. The summed E-state index contributed by atoms with van der Waals surface area (Å²) < 4.78 is 14.7. The molecule has 0 saturated carbocycles. The van der Waals surface area contributed by atoms with E-state index < -0.39 is 23.8 Å². The maximum absolute atomic E-state index is 14.0. The lowest BCUT2D eigenvalue weighted by Crippen LogP contribution is -2.45. The van der Waals surface area contributed by atoms with Gasteiger partial charge in [0.2, 0.25) is 5.91 Å². The lowest BCUT2D eigenvalue weighted by atomic mass is 10.0. The van der Waals surface area contributed by atoms with Crippen LogP contribution in [0.25, 0.3) is 0 Å². The minimum absolute atomic E-state index is 0.0114. The molecule has 0 fully saturated rings. The second-order valence-electron chi connectivity index (χ2n) is 7.49. The lowest BCUT2D eigenvalue weighted by Gasteiger charge is -2.32. The predicted octanol–water partition coefficient (Wildman–Crippen LogP) is 2.08. The van der Waals surface area contributed by atoms with Crippen molar-refractivity contribution in [1.29, 1.82) is 0 Å². The number of carbonyl (C=O) groups is 3. The van der Waals surface area contributed by atoms with Gasteiger partial charge in [0, 0.05) is 13.7 Å². The summed E-state index contributed by atoms with van der Waals surface area (Å²) in [7, 11) is 1.50. The highest BCUT2D eigenvalue weighted by molar-refractivity contribution is 7.09. The number of para-hydroxylation sites is 2. The number of nitrogens with zero attached hydrogens (tertiary/aromatic N) is 2. The molecule has 0 saturated heterocycles. The third-order valence-corrected chi connectivity index (χ3v) is 5.97. The molecule has 190 valence electrons. The van der Waals surface area contributed by atoms with Crippen LogP contribution in [0.2, 0.25) is 0 Å². The van der Waals surface area contributed by atoms with Gasteiger partial charge in [0.15, 0.2) is 5.69 Å². The van der Waals surface area contributed by atoms with Crippen LogP contribution in [-0.2, 0) is 9.53 Å². The van der Waals surface area contributed by atoms with Crippen LogP contribution in [0.15, 0.2) is 48.5 Å². The van der Waals surface area contributed by atoms with E-state index in [9.17, 15) is 19.5 Å². The number of ether oxygens (including phenoxy) is 2. The maximum atomic E-state index is 14.0. The number of anilines is 2. The summed E-state index contributed by atoms with van der Waals surface area (Å²) in [6, 6.07) is 11.4. The molecule has 1 unspecified atom stereocenters. The van der Waals surface area contributed by atoms with E-state index in [-0.39, 0.29) is 40.8 Å². The quantitative estimate of drug-likeness (QED) is 0.282. The van der Waals surface area contributed by atoms with E-state index in [1.165, 1.54) is 36.3 Å². The second kappa shape index (κ2) is 12.0. The molecule has 3 aromatic rings. The summed E-state index contributed by atoms with van der Waals surface area (Å²) in [6.07, 6.45) is 0. The molecular formula is C24H27N5O6S. The van der Waals surface area contributed by atoms with Crippen molar-refractivity contribution in [1.82, 2.24) is 9.69 Å². The number of nitrogens with one attached hydrogen (secondary N) is 1. The number of phenolic OH excluding ortho intramolecular Hbond substituents is 1. The van der Waals surface area contributed by atoms with Crippen LogP contribution in [-0.4, -0.2) is 54.1 Å². The number of nitrogens with two attached hydrogens (primary N) is 2. The maximum Gasteiger partial charge on any atom is 0.273 e. The van der Waals surface area contributed by atoms with Crippen molar-refractivity contribution in [3.05, 3.63) is 64.7 Å². The molecule has 0 bridgehead atoms. The third kappa shape index (κ3) is 5.73. The van der Waals surface area contributed by atoms with Crippen LogP contribution < -0.4 is 26.4 Å². The zero-order chi connectivity index (χ0) is 26.2. The molecule has 0 aliphatic heterocycles. The Kier molecular flexibility index (Phi) is 8.81. The molecule has 36 heavy (non-hydrogen) atoms. The van der Waals surface area contributed by atoms with Crippen LogP contribution in [0.1, 0.15) is 38.7 Å². The Morgan fingerprint density at radius 2 is 1.86 bits per heavy atom. The first-order valence-corrected chi connectivity index (χ1v) is 11.7. The van der Waals surface area contributed by atoms with Gasteiger partial charge in [-0.25, -0.2) is 0 Å². The van der Waals surface area contributed by atoms with Gasteiger partial charge >= 0.3 is 0 Å². The van der Waals surface area contributed by atoms with Crippen molar-refractivity contribution in [3.8, 4) is 11.5 Å². The predicted molar refractivity (Wildman–Crippen MR) is 135 cm³/mol. The monoisotopic (exact) mass is 513 g/mol. The second-order valence-corrected chi connectivity index (χ2v) is 8.27. The molecule has 3 rings (SSSR count). The van der Waals surface area contributed by atoms with E-state index in [1.807, 2.05) is 0 Å². The van der Waals surface area contributed by atoms with Gasteiger partial charge < -0.3 is 31.4 Å². The molecule has 0 aliphatic rings. The van der Waals surface area contributed by atoms with Crippen molar-refractivity contribution >= 4 is 40.6 Å². The molecule has 1 heterocycles. The zero-order valence-electron chi connectivity index (χ0n) is 19.8. The Bertz CT molecular complexity index is 1230. The highest BCUT2D eigenvalue weighted by Gasteiger charge is 2.37. The molecule has 6 N–H and O–H groups in total. The van der Waals surface area contributed by atoms with E-state index in [0.717, 1.165) is 0 Å². The van der Waals surface area contributed by atoms with Crippen LogP contribution in [0, 0.1) is 0 Å². The van der Waals surface area contributed by atoms with Crippen molar-refractivity contribution in [3.63, 3.8) is 0 Å². The normalized spacial score (nSPS) is 11.5. The molecule has 2 aromatic carbocycles. The van der Waals surface area contributed by atoms with E-state index >= 15 is 0 Å². The van der Waals surface area contributed by atoms with Gasteiger partial charge in [-0.15, -0.1) is 0 Å². The van der Waals surface area contributed by atoms with E-state index in [4.69, 9.17) is 20.9 Å². The van der Waals surface area contributed by atoms with Gasteiger partial charge in [-0.2, -0.15) is 4.37 Å². The van der Waals surface area contributed by atoms with Gasteiger partial charge in [0.05, 0.1) is 24.6 Å². The third-order valence-electron chi connectivity index (χ3n) is 5.12. The summed E-state index contributed by atoms with van der Waals surface area (Å²) >= 11 is 0.703. The Balaban J connectivity index is 2.23. The number of amides is 3. The van der Waals surface area contributed by atoms with E-state index in [1.54, 1.807) is 31.2 Å². The Morgan fingerprint density at radius 3 is 2.47 bits per heavy atom. The average Bonchev–Trinajstić information content (AvgIpc) is 3.25. The fraction of sp³-hybridized carbons (Fsp3) is 0.250. The van der Waals surface area contributed by atoms with Gasteiger partial charge in [0.1, 0.15) is 22.4 Å². The minimum atomic E-state index is -1.21. The van der Waals surface area contributed by atoms with Gasteiger partial charge in [-0.3, -0.25) is 19.3 Å². The molecular weight excluding hydrogens is 486 g/mol. The molecule has 0 radical (unpaired) electrons. The summed E-state index contributed by atoms with van der Waals surface area (Å²) in [5.41, 5.74) is 11.7. The van der Waals surface area contributed by atoms with Crippen LogP contribution in [0.5, 0.6) is 11.5 Å². The standard InChI is InChI=1S/C24H27N5O6S/c1-3-35-17-7-5-4-6-16(17)29(24(33)21-18(25)19(22(26)31)28-36-21)20(23(32)27-12-13-34-2)14-8-10-15(30)11-9-14/h4-11,20,30H,3,12-13,25H2,1-2H3,(H2,26,31)(H,27,32). The van der Waals surface area contributed by atoms with Crippen LogP contribution >= 0.6 is 11.5 Å². The number of rotatable bonds is 11. The van der Waals surface area contributed by atoms with Gasteiger partial charge in [-0.1, -0.05) is 24.3 Å². The number of hydrogen-bond acceptors (Lipinski definition) is 9. The summed E-state index contributed by atoms with van der Waals surface area (Å²) in [5, 5.41) is 12.6. The number of phenols is 1. The van der Waals surface area contributed by atoms with E-state index in [0.29, 0.717) is 29.5 Å². The van der Waals surface area contributed by atoms with Crippen LogP contribution in [0.4, 0.5) is 11.4 Å². The summed E-state index contributed by atoms with van der Waals surface area (Å²) in [6.45, 7) is 2.53. The number of hydrogen-bond donors (Lipinski definition) is 4. The fourth-order valence-corrected chi connectivity index (χ4v) is 4.23.